The molecule has 2 heterocycles. The standard InChI is InChI=1S/C26H25N3O4S/c1-32-18-9-5-7-16(13-18)24-28-25-23(20-11-3-4-12-21(20)34-25)26(31)29(24)15-22(30)27-17-8-6-10-19(14-17)33-2/h5-10,13-14H,3-4,11-12,15H2,1-2H3,(H,27,30). The highest BCUT2D eigenvalue weighted by Crippen LogP contribution is 2.35. The van der Waals surface area contributed by atoms with Gasteiger partial charge in [0, 0.05) is 22.2 Å². The minimum Gasteiger partial charge on any atom is -0.497 e. The molecule has 0 bridgehead atoms. The summed E-state index contributed by atoms with van der Waals surface area (Å²) in [5, 5.41) is 3.52. The zero-order valence-corrected chi connectivity index (χ0v) is 19.9. The lowest BCUT2D eigenvalue weighted by atomic mass is 9.97. The highest BCUT2D eigenvalue weighted by atomic mass is 32.1. The largest absolute Gasteiger partial charge is 0.497 e. The first-order valence-electron chi connectivity index (χ1n) is 11.2. The number of carbonyl (C=O) groups is 1. The second-order valence-corrected chi connectivity index (χ2v) is 9.31. The fourth-order valence-corrected chi connectivity index (χ4v) is 5.66. The van der Waals surface area contributed by atoms with Crippen LogP contribution in [-0.4, -0.2) is 29.7 Å². The lowest BCUT2D eigenvalue weighted by Gasteiger charge is -2.15. The molecule has 0 saturated carbocycles. The molecular formula is C26H25N3O4S. The second-order valence-electron chi connectivity index (χ2n) is 8.23. The molecule has 0 saturated heterocycles. The number of carbonyl (C=O) groups excluding carboxylic acids is 1. The number of aromatic nitrogens is 2. The Balaban J connectivity index is 1.61. The van der Waals surface area contributed by atoms with E-state index in [1.54, 1.807) is 49.8 Å². The second kappa shape index (κ2) is 9.30. The van der Waals surface area contributed by atoms with Crippen molar-refractivity contribution in [2.24, 2.45) is 0 Å². The van der Waals surface area contributed by atoms with Gasteiger partial charge in [-0.15, -0.1) is 11.3 Å². The number of aryl methyl sites for hydroxylation is 2. The topological polar surface area (TPSA) is 82.4 Å². The molecule has 34 heavy (non-hydrogen) atoms. The van der Waals surface area contributed by atoms with Gasteiger partial charge in [-0.1, -0.05) is 18.2 Å². The highest BCUT2D eigenvalue weighted by molar-refractivity contribution is 7.18. The molecular weight excluding hydrogens is 450 g/mol. The molecule has 2 aromatic heterocycles. The summed E-state index contributed by atoms with van der Waals surface area (Å²) < 4.78 is 12.1. The first-order chi connectivity index (χ1) is 16.6. The molecule has 0 aliphatic heterocycles. The van der Waals surface area contributed by atoms with E-state index < -0.39 is 0 Å². The minimum atomic E-state index is -0.315. The maximum atomic E-state index is 13.8. The molecule has 1 aliphatic carbocycles. The number of hydrogen-bond donors (Lipinski definition) is 1. The average Bonchev–Trinajstić information content (AvgIpc) is 3.24. The Morgan fingerprint density at radius 3 is 2.59 bits per heavy atom. The number of hydrogen-bond acceptors (Lipinski definition) is 6. The molecule has 1 aliphatic rings. The third-order valence-corrected chi connectivity index (χ3v) is 7.24. The quantitative estimate of drug-likeness (QED) is 0.439. The lowest BCUT2D eigenvalue weighted by molar-refractivity contribution is -0.116. The van der Waals surface area contributed by atoms with Gasteiger partial charge in [0.2, 0.25) is 5.91 Å². The minimum absolute atomic E-state index is 0.157. The molecule has 0 spiro atoms. The van der Waals surface area contributed by atoms with Crippen LogP contribution in [-0.2, 0) is 24.2 Å². The first-order valence-corrected chi connectivity index (χ1v) is 12.0. The Morgan fingerprint density at radius 2 is 1.79 bits per heavy atom. The van der Waals surface area contributed by atoms with Gasteiger partial charge in [0.05, 0.1) is 19.6 Å². The van der Waals surface area contributed by atoms with Crippen LogP contribution in [0.3, 0.4) is 0 Å². The zero-order chi connectivity index (χ0) is 23.7. The number of nitrogens with zero attached hydrogens (tertiary/aromatic N) is 2. The molecule has 2 aromatic carbocycles. The van der Waals surface area contributed by atoms with Crippen LogP contribution in [0, 0.1) is 0 Å². The van der Waals surface area contributed by atoms with Crippen LogP contribution in [0.4, 0.5) is 5.69 Å². The van der Waals surface area contributed by atoms with Gasteiger partial charge in [0.1, 0.15) is 28.7 Å². The van der Waals surface area contributed by atoms with E-state index in [0.29, 0.717) is 28.4 Å². The summed E-state index contributed by atoms with van der Waals surface area (Å²) in [5.74, 6) is 1.44. The number of nitrogens with one attached hydrogen (secondary N) is 1. The van der Waals surface area contributed by atoms with Gasteiger partial charge in [0.15, 0.2) is 0 Å². The van der Waals surface area contributed by atoms with Gasteiger partial charge in [0.25, 0.3) is 5.56 Å². The Morgan fingerprint density at radius 1 is 1.06 bits per heavy atom. The van der Waals surface area contributed by atoms with Gasteiger partial charge >= 0.3 is 0 Å². The van der Waals surface area contributed by atoms with Gasteiger partial charge in [-0.3, -0.25) is 14.2 Å². The number of methoxy groups -OCH3 is 2. The Hall–Kier alpha value is -3.65. The van der Waals surface area contributed by atoms with Crippen molar-refractivity contribution in [2.45, 2.75) is 32.2 Å². The monoisotopic (exact) mass is 475 g/mol. The third kappa shape index (κ3) is 4.17. The smallest absolute Gasteiger partial charge is 0.263 e. The number of amides is 1. The molecule has 7 nitrogen and oxygen atoms in total. The fourth-order valence-electron chi connectivity index (χ4n) is 4.41. The molecule has 0 radical (unpaired) electrons. The van der Waals surface area contributed by atoms with Gasteiger partial charge in [-0.25, -0.2) is 4.98 Å². The van der Waals surface area contributed by atoms with E-state index in [4.69, 9.17) is 14.5 Å². The highest BCUT2D eigenvalue weighted by Gasteiger charge is 2.23. The van der Waals surface area contributed by atoms with E-state index in [1.165, 1.54) is 9.44 Å². The van der Waals surface area contributed by atoms with Gasteiger partial charge in [-0.05, 0) is 55.5 Å². The van der Waals surface area contributed by atoms with Crippen LogP contribution in [0.2, 0.25) is 0 Å². The molecule has 1 N–H and O–H groups in total. The number of benzene rings is 2. The van der Waals surface area contributed by atoms with Crippen molar-refractivity contribution < 1.29 is 14.3 Å². The number of rotatable bonds is 6. The third-order valence-electron chi connectivity index (χ3n) is 6.06. The lowest BCUT2D eigenvalue weighted by Crippen LogP contribution is -2.30. The van der Waals surface area contributed by atoms with Crippen molar-refractivity contribution in [1.82, 2.24) is 9.55 Å². The van der Waals surface area contributed by atoms with Crippen molar-refractivity contribution in [1.29, 1.82) is 0 Å². The SMILES string of the molecule is COc1cccc(NC(=O)Cn2c(-c3cccc(OC)c3)nc3sc4c(c3c2=O)CCCC4)c1. The van der Waals surface area contributed by atoms with Gasteiger partial charge in [-0.2, -0.15) is 0 Å². The summed E-state index contributed by atoms with van der Waals surface area (Å²) in [6.45, 7) is -0.157. The Kier molecular flexibility index (Phi) is 6.06. The van der Waals surface area contributed by atoms with Crippen molar-refractivity contribution in [3.63, 3.8) is 0 Å². The van der Waals surface area contributed by atoms with E-state index in [-0.39, 0.29) is 18.0 Å². The maximum Gasteiger partial charge on any atom is 0.263 e. The summed E-state index contributed by atoms with van der Waals surface area (Å²) >= 11 is 1.60. The Bertz CT molecular complexity index is 1440. The molecule has 174 valence electrons. The summed E-state index contributed by atoms with van der Waals surface area (Å²) in [5.41, 5.74) is 2.24. The molecule has 4 aromatic rings. The van der Waals surface area contributed by atoms with Crippen molar-refractivity contribution >= 4 is 33.1 Å². The van der Waals surface area contributed by atoms with E-state index in [9.17, 15) is 9.59 Å². The van der Waals surface area contributed by atoms with Gasteiger partial charge < -0.3 is 14.8 Å². The van der Waals surface area contributed by atoms with E-state index >= 15 is 0 Å². The molecule has 0 fully saturated rings. The van der Waals surface area contributed by atoms with Crippen LogP contribution >= 0.6 is 11.3 Å². The zero-order valence-electron chi connectivity index (χ0n) is 19.1. The van der Waals surface area contributed by atoms with Crippen molar-refractivity contribution in [3.05, 3.63) is 69.3 Å². The first kappa shape index (κ1) is 22.2. The number of fused-ring (bicyclic) bond motifs is 3. The molecule has 5 rings (SSSR count). The van der Waals surface area contributed by atoms with Crippen LogP contribution < -0.4 is 20.3 Å². The predicted molar refractivity (Wildman–Crippen MR) is 134 cm³/mol. The number of anilines is 1. The summed E-state index contributed by atoms with van der Waals surface area (Å²) in [7, 11) is 3.17. The number of ether oxygens (including phenoxy) is 2. The van der Waals surface area contributed by atoms with E-state index in [1.807, 2.05) is 24.3 Å². The molecule has 0 atom stereocenters. The Labute approximate surface area is 201 Å². The number of thiophene rings is 1. The summed E-state index contributed by atoms with van der Waals surface area (Å²) in [4.78, 5) is 33.7. The van der Waals surface area contributed by atoms with Crippen LogP contribution in [0.25, 0.3) is 21.6 Å². The van der Waals surface area contributed by atoms with Crippen molar-refractivity contribution in [3.8, 4) is 22.9 Å². The predicted octanol–water partition coefficient (Wildman–Crippen LogP) is 4.66. The summed E-state index contributed by atoms with van der Waals surface area (Å²) in [6, 6.07) is 14.5. The normalized spacial score (nSPS) is 12.9. The van der Waals surface area contributed by atoms with E-state index in [2.05, 4.69) is 5.32 Å². The molecule has 8 heteroatoms. The maximum absolute atomic E-state index is 13.8. The summed E-state index contributed by atoms with van der Waals surface area (Å²) in [6.07, 6.45) is 4.04. The van der Waals surface area contributed by atoms with E-state index in [0.717, 1.165) is 41.6 Å². The fraction of sp³-hybridized carbons (Fsp3) is 0.269. The molecule has 0 unspecified atom stereocenters. The average molecular weight is 476 g/mol. The molecule has 1 amide bonds. The van der Waals surface area contributed by atoms with Crippen LogP contribution in [0.1, 0.15) is 23.3 Å². The van der Waals surface area contributed by atoms with Crippen molar-refractivity contribution in [2.75, 3.05) is 19.5 Å². The van der Waals surface area contributed by atoms with Crippen LogP contribution in [0.15, 0.2) is 53.3 Å². The van der Waals surface area contributed by atoms with Crippen LogP contribution in [0.5, 0.6) is 11.5 Å².